The largest absolute Gasteiger partial charge is 0.357 e. The summed E-state index contributed by atoms with van der Waals surface area (Å²) >= 11 is 0. The highest BCUT2D eigenvalue weighted by Crippen LogP contribution is 1.97. The van der Waals surface area contributed by atoms with E-state index in [9.17, 15) is 9.59 Å². The molecule has 1 heterocycles. The van der Waals surface area contributed by atoms with Gasteiger partial charge in [0.15, 0.2) is 5.96 Å². The van der Waals surface area contributed by atoms with Crippen molar-refractivity contribution in [2.45, 2.75) is 6.92 Å². The topological polar surface area (TPSA) is 85.8 Å². The molecule has 1 aliphatic heterocycles. The second-order valence-electron chi connectivity index (χ2n) is 3.63. The number of rotatable bonds is 6. The first-order valence-corrected chi connectivity index (χ1v) is 5.90. The Labute approximate surface area is 106 Å². The van der Waals surface area contributed by atoms with Crippen LogP contribution in [0, 0.1) is 0 Å². The maximum atomic E-state index is 11.3. The maximum Gasteiger partial charge on any atom is 0.324 e. The first kappa shape index (κ1) is 14.0. The second-order valence-corrected chi connectivity index (χ2v) is 3.63. The number of nitrogens with one attached hydrogen (secondary N) is 3. The molecule has 1 rings (SSSR count). The Morgan fingerprint density at radius 1 is 1.56 bits per heavy atom. The van der Waals surface area contributed by atoms with Gasteiger partial charge in [-0.25, -0.2) is 4.79 Å². The lowest BCUT2D eigenvalue weighted by Gasteiger charge is -2.12. The summed E-state index contributed by atoms with van der Waals surface area (Å²) < 4.78 is 0. The van der Waals surface area contributed by atoms with E-state index in [1.807, 2.05) is 6.92 Å². The van der Waals surface area contributed by atoms with E-state index in [1.165, 1.54) is 4.90 Å². The predicted molar refractivity (Wildman–Crippen MR) is 69.3 cm³/mol. The van der Waals surface area contributed by atoms with Gasteiger partial charge in [-0.3, -0.25) is 14.7 Å². The summed E-state index contributed by atoms with van der Waals surface area (Å²) in [6, 6.07) is -0.348. The van der Waals surface area contributed by atoms with Gasteiger partial charge in [0.05, 0.1) is 19.6 Å². The molecular weight excluding hydrogens is 234 g/mol. The zero-order chi connectivity index (χ0) is 13.4. The quantitative estimate of drug-likeness (QED) is 0.252. The Hall–Kier alpha value is -2.05. The minimum Gasteiger partial charge on any atom is -0.357 e. The minimum atomic E-state index is -0.348. The van der Waals surface area contributed by atoms with Crippen LogP contribution in [0.3, 0.4) is 0 Å². The number of imide groups is 1. The molecule has 100 valence electrons. The number of guanidine groups is 1. The smallest absolute Gasteiger partial charge is 0.324 e. The molecule has 1 aliphatic rings. The standard InChI is InChI=1S/C11H19N5O2/c1-3-5-13-10(12-4-2)14-6-7-16-9(17)8-15-11(16)18/h3H,1,4-8H2,2H3,(H,15,18)(H2,12,13,14). The van der Waals surface area contributed by atoms with Crippen LogP contribution in [0.4, 0.5) is 4.79 Å². The van der Waals surface area contributed by atoms with E-state index in [0.29, 0.717) is 19.0 Å². The molecule has 7 nitrogen and oxygen atoms in total. The molecule has 0 bridgehead atoms. The van der Waals surface area contributed by atoms with Crippen molar-refractivity contribution in [1.82, 2.24) is 20.9 Å². The van der Waals surface area contributed by atoms with Crippen LogP contribution >= 0.6 is 0 Å². The van der Waals surface area contributed by atoms with Gasteiger partial charge in [-0.1, -0.05) is 6.08 Å². The number of hydrogen-bond acceptors (Lipinski definition) is 3. The molecule has 0 unspecified atom stereocenters. The number of carbonyl (C=O) groups is 2. The van der Waals surface area contributed by atoms with Gasteiger partial charge in [-0.05, 0) is 6.92 Å². The summed E-state index contributed by atoms with van der Waals surface area (Å²) in [4.78, 5) is 28.0. The van der Waals surface area contributed by atoms with E-state index in [0.717, 1.165) is 6.54 Å². The fourth-order valence-corrected chi connectivity index (χ4v) is 1.45. The van der Waals surface area contributed by atoms with Crippen LogP contribution in [0.15, 0.2) is 17.6 Å². The number of amides is 3. The molecule has 0 spiro atoms. The Bertz CT molecular complexity index is 337. The molecule has 7 heteroatoms. The maximum absolute atomic E-state index is 11.3. The lowest BCUT2D eigenvalue weighted by atomic mass is 10.5. The molecule has 1 fully saturated rings. The highest BCUT2D eigenvalue weighted by atomic mass is 16.2. The Kier molecular flexibility index (Phi) is 5.69. The number of nitrogens with zero attached hydrogens (tertiary/aromatic N) is 2. The third-order valence-corrected chi connectivity index (χ3v) is 2.29. The molecule has 0 aromatic carbocycles. The van der Waals surface area contributed by atoms with Crippen LogP contribution < -0.4 is 16.0 Å². The fraction of sp³-hybridized carbons (Fsp3) is 0.545. The Balaban J connectivity index is 2.42. The molecule has 0 aliphatic carbocycles. The van der Waals surface area contributed by atoms with Gasteiger partial charge < -0.3 is 16.0 Å². The van der Waals surface area contributed by atoms with Crippen LogP contribution in [-0.2, 0) is 4.79 Å². The second kappa shape index (κ2) is 7.31. The first-order valence-electron chi connectivity index (χ1n) is 5.90. The molecule has 0 atom stereocenters. The predicted octanol–water partition coefficient (Wildman–Crippen LogP) is -0.721. The SMILES string of the molecule is C=CCNC(=NCCN1C(=O)CNC1=O)NCC. The lowest BCUT2D eigenvalue weighted by molar-refractivity contribution is -0.124. The van der Waals surface area contributed by atoms with Gasteiger partial charge in [-0.2, -0.15) is 0 Å². The van der Waals surface area contributed by atoms with Crippen molar-refractivity contribution in [3.63, 3.8) is 0 Å². The van der Waals surface area contributed by atoms with E-state index >= 15 is 0 Å². The highest BCUT2D eigenvalue weighted by Gasteiger charge is 2.27. The third-order valence-electron chi connectivity index (χ3n) is 2.29. The van der Waals surface area contributed by atoms with Gasteiger partial charge in [0.1, 0.15) is 0 Å². The summed E-state index contributed by atoms with van der Waals surface area (Å²) in [6.07, 6.45) is 1.73. The third kappa shape index (κ3) is 4.08. The normalized spacial score (nSPS) is 15.6. The van der Waals surface area contributed by atoms with Crippen molar-refractivity contribution in [2.24, 2.45) is 4.99 Å². The summed E-state index contributed by atoms with van der Waals surface area (Å²) in [5.41, 5.74) is 0. The van der Waals surface area contributed by atoms with Crippen LogP contribution in [0.5, 0.6) is 0 Å². The molecule has 0 aromatic rings. The van der Waals surface area contributed by atoms with Crippen LogP contribution in [-0.4, -0.2) is 55.5 Å². The van der Waals surface area contributed by atoms with E-state index in [4.69, 9.17) is 0 Å². The van der Waals surface area contributed by atoms with E-state index < -0.39 is 0 Å². The van der Waals surface area contributed by atoms with Crippen molar-refractivity contribution in [3.8, 4) is 0 Å². The molecule has 1 saturated heterocycles. The van der Waals surface area contributed by atoms with Gasteiger partial charge in [0.25, 0.3) is 0 Å². The van der Waals surface area contributed by atoms with Crippen LogP contribution in [0.1, 0.15) is 6.92 Å². The number of carbonyl (C=O) groups excluding carboxylic acids is 2. The zero-order valence-electron chi connectivity index (χ0n) is 10.5. The van der Waals surface area contributed by atoms with Gasteiger partial charge >= 0.3 is 6.03 Å². The van der Waals surface area contributed by atoms with Crippen LogP contribution in [0.25, 0.3) is 0 Å². The highest BCUT2D eigenvalue weighted by molar-refractivity contribution is 6.01. The van der Waals surface area contributed by atoms with E-state index in [2.05, 4.69) is 27.5 Å². The molecule has 0 aromatic heterocycles. The molecule has 3 N–H and O–H groups in total. The summed E-state index contributed by atoms with van der Waals surface area (Å²) in [5.74, 6) is 0.434. The van der Waals surface area contributed by atoms with Gasteiger partial charge in [0.2, 0.25) is 5.91 Å². The van der Waals surface area contributed by atoms with Gasteiger partial charge in [0, 0.05) is 13.1 Å². The van der Waals surface area contributed by atoms with Crippen molar-refractivity contribution in [1.29, 1.82) is 0 Å². The minimum absolute atomic E-state index is 0.0807. The summed E-state index contributed by atoms with van der Waals surface area (Å²) in [6.45, 7) is 7.65. The molecule has 0 radical (unpaired) electrons. The fourth-order valence-electron chi connectivity index (χ4n) is 1.45. The molecule has 3 amide bonds. The van der Waals surface area contributed by atoms with E-state index in [-0.39, 0.29) is 25.0 Å². The molecular formula is C11H19N5O2. The average Bonchev–Trinajstić information content (AvgIpc) is 2.67. The average molecular weight is 253 g/mol. The number of aliphatic imine (C=N–C) groups is 1. The van der Waals surface area contributed by atoms with E-state index in [1.54, 1.807) is 6.08 Å². The summed E-state index contributed by atoms with van der Waals surface area (Å²) in [7, 11) is 0. The van der Waals surface area contributed by atoms with Crippen molar-refractivity contribution in [2.75, 3.05) is 32.7 Å². The van der Waals surface area contributed by atoms with Crippen molar-refractivity contribution < 1.29 is 9.59 Å². The number of hydrogen-bond donors (Lipinski definition) is 3. The Morgan fingerprint density at radius 3 is 2.89 bits per heavy atom. The van der Waals surface area contributed by atoms with Gasteiger partial charge in [-0.15, -0.1) is 6.58 Å². The summed E-state index contributed by atoms with van der Waals surface area (Å²) in [5, 5.41) is 8.55. The Morgan fingerprint density at radius 2 is 2.33 bits per heavy atom. The van der Waals surface area contributed by atoms with Crippen molar-refractivity contribution >= 4 is 17.9 Å². The van der Waals surface area contributed by atoms with Crippen LogP contribution in [0.2, 0.25) is 0 Å². The lowest BCUT2D eigenvalue weighted by Crippen LogP contribution is -2.38. The monoisotopic (exact) mass is 253 g/mol. The molecule has 0 saturated carbocycles. The number of urea groups is 1. The first-order chi connectivity index (χ1) is 8.69. The zero-order valence-corrected chi connectivity index (χ0v) is 10.5. The molecule has 18 heavy (non-hydrogen) atoms. The van der Waals surface area contributed by atoms with Crippen molar-refractivity contribution in [3.05, 3.63) is 12.7 Å².